The number of rotatable bonds is 10. The fraction of sp³-hybridized carbons (Fsp3) is 0.632. The van der Waals surface area contributed by atoms with Gasteiger partial charge in [0.1, 0.15) is 0 Å². The first-order valence-electron chi connectivity index (χ1n) is 8.78. The average molecular weight is 336 g/mol. The summed E-state index contributed by atoms with van der Waals surface area (Å²) in [4.78, 5) is 11.3. The third-order valence-electron chi connectivity index (χ3n) is 4.02. The van der Waals surface area contributed by atoms with Crippen molar-refractivity contribution in [3.8, 4) is 0 Å². The predicted molar refractivity (Wildman–Crippen MR) is 90.8 cm³/mol. The van der Waals surface area contributed by atoms with E-state index in [-0.39, 0.29) is 12.3 Å². The van der Waals surface area contributed by atoms with Gasteiger partial charge in [-0.3, -0.25) is 0 Å². The monoisotopic (exact) mass is 336 g/mol. The van der Waals surface area contributed by atoms with E-state index in [0.29, 0.717) is 12.2 Å². The van der Waals surface area contributed by atoms with Crippen molar-refractivity contribution in [2.45, 2.75) is 51.4 Å². The lowest BCUT2D eigenvalue weighted by molar-refractivity contribution is -0.162. The molecule has 1 saturated heterocycles. The Morgan fingerprint density at radius 3 is 2.62 bits per heavy atom. The van der Waals surface area contributed by atoms with Crippen LogP contribution in [0.3, 0.4) is 0 Å². The first kappa shape index (κ1) is 18.9. The molecule has 1 unspecified atom stereocenters. The smallest absolute Gasteiger partial charge is 0.337 e. The van der Waals surface area contributed by atoms with Gasteiger partial charge in [-0.25, -0.2) is 4.79 Å². The number of carbonyl (C=O) groups excluding carboxylic acids is 1. The molecular formula is C19H28O5. The quantitative estimate of drug-likeness (QED) is 0.482. The summed E-state index contributed by atoms with van der Waals surface area (Å²) in [5, 5.41) is 0. The molecule has 24 heavy (non-hydrogen) atoms. The van der Waals surface area contributed by atoms with Crippen molar-refractivity contribution in [3.63, 3.8) is 0 Å². The summed E-state index contributed by atoms with van der Waals surface area (Å²) in [5.74, 6) is -0.316. The van der Waals surface area contributed by atoms with Crippen LogP contribution in [0.4, 0.5) is 0 Å². The van der Waals surface area contributed by atoms with Gasteiger partial charge in [-0.15, -0.1) is 0 Å². The number of carbonyl (C=O) groups is 1. The molecule has 0 radical (unpaired) electrons. The van der Waals surface area contributed by atoms with E-state index in [0.717, 1.165) is 57.5 Å². The molecule has 1 aliphatic heterocycles. The van der Waals surface area contributed by atoms with Gasteiger partial charge in [0.15, 0.2) is 6.29 Å². The molecule has 0 amide bonds. The lowest BCUT2D eigenvalue weighted by Gasteiger charge is -2.22. The third-order valence-corrected chi connectivity index (χ3v) is 4.02. The highest BCUT2D eigenvalue weighted by molar-refractivity contribution is 5.89. The van der Waals surface area contributed by atoms with Crippen LogP contribution < -0.4 is 0 Å². The molecule has 1 aromatic carbocycles. The van der Waals surface area contributed by atoms with Gasteiger partial charge in [-0.2, -0.15) is 0 Å². The summed E-state index contributed by atoms with van der Waals surface area (Å²) in [5.41, 5.74) is 1.61. The average Bonchev–Trinajstić information content (AvgIpc) is 2.64. The molecule has 1 aromatic rings. The largest absolute Gasteiger partial charge is 0.465 e. The SMILES string of the molecule is COC(=O)c1ccc(COCCCCCOC2CCCCO2)cc1. The molecule has 0 N–H and O–H groups in total. The summed E-state index contributed by atoms with van der Waals surface area (Å²) in [6, 6.07) is 7.30. The molecule has 5 heteroatoms. The maximum atomic E-state index is 11.3. The van der Waals surface area contributed by atoms with Crippen molar-refractivity contribution in [1.82, 2.24) is 0 Å². The van der Waals surface area contributed by atoms with Gasteiger partial charge in [0.2, 0.25) is 0 Å². The third kappa shape index (κ3) is 6.99. The number of esters is 1. The highest BCUT2D eigenvalue weighted by Gasteiger charge is 2.13. The van der Waals surface area contributed by atoms with Crippen LogP contribution in [0, 0.1) is 0 Å². The molecule has 134 valence electrons. The summed E-state index contributed by atoms with van der Waals surface area (Å²) in [7, 11) is 1.38. The molecule has 0 bridgehead atoms. The van der Waals surface area contributed by atoms with Crippen LogP contribution in [0.25, 0.3) is 0 Å². The first-order valence-corrected chi connectivity index (χ1v) is 8.78. The van der Waals surface area contributed by atoms with Crippen LogP contribution >= 0.6 is 0 Å². The lowest BCUT2D eigenvalue weighted by atomic mass is 10.1. The number of methoxy groups -OCH3 is 1. The Hall–Kier alpha value is -1.43. The van der Waals surface area contributed by atoms with Crippen LogP contribution in [0.2, 0.25) is 0 Å². The summed E-state index contributed by atoms with van der Waals surface area (Å²) < 4.78 is 21.6. The van der Waals surface area contributed by atoms with E-state index < -0.39 is 0 Å². The molecule has 0 aromatic heterocycles. The van der Waals surface area contributed by atoms with Crippen molar-refractivity contribution >= 4 is 5.97 Å². The summed E-state index contributed by atoms with van der Waals surface area (Å²) in [6.07, 6.45) is 6.56. The van der Waals surface area contributed by atoms with E-state index in [1.54, 1.807) is 12.1 Å². The minimum absolute atomic E-state index is 0.0166. The fourth-order valence-electron chi connectivity index (χ4n) is 2.59. The van der Waals surface area contributed by atoms with Crippen molar-refractivity contribution in [3.05, 3.63) is 35.4 Å². The van der Waals surface area contributed by atoms with E-state index in [1.165, 1.54) is 13.5 Å². The predicted octanol–water partition coefficient (Wildman–Crippen LogP) is 3.70. The number of hydrogen-bond acceptors (Lipinski definition) is 5. The Kier molecular flexibility index (Phi) is 8.81. The van der Waals surface area contributed by atoms with Gasteiger partial charge in [0.25, 0.3) is 0 Å². The van der Waals surface area contributed by atoms with Gasteiger partial charge >= 0.3 is 5.97 Å². The normalized spacial score (nSPS) is 17.6. The van der Waals surface area contributed by atoms with Gasteiger partial charge in [0, 0.05) is 19.8 Å². The first-order chi connectivity index (χ1) is 11.8. The number of benzene rings is 1. The van der Waals surface area contributed by atoms with Crippen LogP contribution in [-0.2, 0) is 25.6 Å². The maximum Gasteiger partial charge on any atom is 0.337 e. The lowest BCUT2D eigenvalue weighted by Crippen LogP contribution is -2.22. The Labute approximate surface area is 144 Å². The molecule has 0 spiro atoms. The molecule has 5 nitrogen and oxygen atoms in total. The molecule has 1 atom stereocenters. The molecular weight excluding hydrogens is 308 g/mol. The second-order valence-electron chi connectivity index (χ2n) is 5.97. The van der Waals surface area contributed by atoms with E-state index in [9.17, 15) is 4.79 Å². The van der Waals surface area contributed by atoms with Crippen molar-refractivity contribution < 1.29 is 23.7 Å². The fourth-order valence-corrected chi connectivity index (χ4v) is 2.59. The van der Waals surface area contributed by atoms with E-state index >= 15 is 0 Å². The van der Waals surface area contributed by atoms with Crippen molar-refractivity contribution in [1.29, 1.82) is 0 Å². The Morgan fingerprint density at radius 1 is 1.12 bits per heavy atom. The van der Waals surface area contributed by atoms with Gasteiger partial charge < -0.3 is 18.9 Å². The second-order valence-corrected chi connectivity index (χ2v) is 5.97. The van der Waals surface area contributed by atoms with E-state index in [4.69, 9.17) is 14.2 Å². The van der Waals surface area contributed by atoms with Crippen LogP contribution in [0.1, 0.15) is 54.4 Å². The summed E-state index contributed by atoms with van der Waals surface area (Å²) >= 11 is 0. The molecule has 0 saturated carbocycles. The zero-order chi connectivity index (χ0) is 17.0. The maximum absolute atomic E-state index is 11.3. The zero-order valence-electron chi connectivity index (χ0n) is 14.5. The minimum Gasteiger partial charge on any atom is -0.465 e. The van der Waals surface area contributed by atoms with Crippen molar-refractivity contribution in [2.75, 3.05) is 26.9 Å². The van der Waals surface area contributed by atoms with Crippen LogP contribution in [0.15, 0.2) is 24.3 Å². The highest BCUT2D eigenvalue weighted by Crippen LogP contribution is 2.14. The summed E-state index contributed by atoms with van der Waals surface area (Å²) in [6.45, 7) is 2.89. The molecule has 0 aliphatic carbocycles. The topological polar surface area (TPSA) is 54.0 Å². The molecule has 1 aliphatic rings. The molecule has 1 fully saturated rings. The Balaban J connectivity index is 1.47. The van der Waals surface area contributed by atoms with Gasteiger partial charge in [0.05, 0.1) is 19.3 Å². The molecule has 1 heterocycles. The van der Waals surface area contributed by atoms with E-state index in [2.05, 4.69) is 4.74 Å². The van der Waals surface area contributed by atoms with Gasteiger partial charge in [-0.05, 0) is 56.2 Å². The minimum atomic E-state index is -0.316. The van der Waals surface area contributed by atoms with Crippen LogP contribution in [0.5, 0.6) is 0 Å². The zero-order valence-corrected chi connectivity index (χ0v) is 14.5. The molecule has 2 rings (SSSR count). The van der Waals surface area contributed by atoms with Crippen molar-refractivity contribution in [2.24, 2.45) is 0 Å². The standard InChI is InChI=1S/C19H28O5/c1-21-19(20)17-10-8-16(9-11-17)15-22-12-4-2-5-13-23-18-7-3-6-14-24-18/h8-11,18H,2-7,12-15H2,1H3. The van der Waals surface area contributed by atoms with Crippen LogP contribution in [-0.4, -0.2) is 39.2 Å². The number of hydrogen-bond donors (Lipinski definition) is 0. The Morgan fingerprint density at radius 2 is 1.92 bits per heavy atom. The van der Waals surface area contributed by atoms with Gasteiger partial charge in [-0.1, -0.05) is 12.1 Å². The number of ether oxygens (including phenoxy) is 4. The number of unbranched alkanes of at least 4 members (excludes halogenated alkanes) is 2. The Bertz CT molecular complexity index is 465. The van der Waals surface area contributed by atoms with E-state index in [1.807, 2.05) is 12.1 Å². The second kappa shape index (κ2) is 11.2. The highest BCUT2D eigenvalue weighted by atomic mass is 16.7.